The monoisotopic (exact) mass is 816 g/mol. The molecule has 238 valence electrons. The smallest absolute Gasteiger partial charge is 0.338 e. The van der Waals surface area contributed by atoms with Crippen LogP contribution in [0.15, 0.2) is 80.1 Å². The van der Waals surface area contributed by atoms with E-state index in [1.54, 1.807) is 18.4 Å². The van der Waals surface area contributed by atoms with Crippen LogP contribution in [-0.4, -0.2) is 30.0 Å². The van der Waals surface area contributed by atoms with Crippen LogP contribution in [-0.2, 0) is 16.1 Å². The molecule has 3 heterocycles. The van der Waals surface area contributed by atoms with E-state index in [-0.39, 0.29) is 25.1 Å². The zero-order valence-electron chi connectivity index (χ0n) is 25.5. The van der Waals surface area contributed by atoms with Crippen molar-refractivity contribution in [3.8, 4) is 23.0 Å². The third-order valence-corrected chi connectivity index (χ3v) is 9.61. The van der Waals surface area contributed by atoms with Crippen molar-refractivity contribution < 1.29 is 28.5 Å². The molecule has 1 atom stereocenters. The summed E-state index contributed by atoms with van der Waals surface area (Å²) in [6.07, 6.45) is 1.72. The largest absolute Gasteiger partial charge is 0.491 e. The number of hydrogen-bond donors (Lipinski definition) is 0. The highest BCUT2D eigenvalue weighted by molar-refractivity contribution is 14.1. The van der Waals surface area contributed by atoms with Gasteiger partial charge in [-0.25, -0.2) is 9.79 Å². The van der Waals surface area contributed by atoms with Crippen molar-refractivity contribution in [1.29, 1.82) is 0 Å². The first-order valence-corrected chi connectivity index (χ1v) is 17.3. The van der Waals surface area contributed by atoms with Gasteiger partial charge in [-0.05, 0) is 114 Å². The van der Waals surface area contributed by atoms with E-state index in [1.807, 2.05) is 74.5 Å². The maximum atomic E-state index is 14.2. The van der Waals surface area contributed by atoms with Crippen molar-refractivity contribution in [2.45, 2.75) is 46.4 Å². The number of allylic oxidation sites excluding steroid dienone is 1. The molecule has 4 aromatic rings. The van der Waals surface area contributed by atoms with Gasteiger partial charge in [-0.15, -0.1) is 0 Å². The molecular weight excluding hydrogens is 787 g/mol. The van der Waals surface area contributed by atoms with E-state index in [0.717, 1.165) is 24.9 Å². The Kier molecular flexibility index (Phi) is 9.57. The van der Waals surface area contributed by atoms with Crippen molar-refractivity contribution in [3.63, 3.8) is 0 Å². The number of esters is 1. The van der Waals surface area contributed by atoms with Gasteiger partial charge < -0.3 is 23.7 Å². The SMILES string of the molecule is CCOC(=O)C1=C(C)N=c2s/c(=C/c3cc(Br)c(OCc4ccc5c(c4)OCO5)c(I)c3)c(=O)n2[C@@H]1c1ccccc1OC(C)C. The molecule has 12 heteroatoms. The Labute approximate surface area is 291 Å². The summed E-state index contributed by atoms with van der Waals surface area (Å²) in [6, 6.07) is 16.3. The van der Waals surface area contributed by atoms with Crippen molar-refractivity contribution in [2.24, 2.45) is 4.99 Å². The molecule has 0 spiro atoms. The maximum Gasteiger partial charge on any atom is 0.338 e. The van der Waals surface area contributed by atoms with Gasteiger partial charge in [0.15, 0.2) is 16.3 Å². The highest BCUT2D eigenvalue weighted by Crippen LogP contribution is 2.37. The lowest BCUT2D eigenvalue weighted by Crippen LogP contribution is -2.40. The Morgan fingerprint density at radius 2 is 1.96 bits per heavy atom. The molecule has 0 amide bonds. The number of thiazole rings is 1. The normalized spacial score (nSPS) is 15.5. The van der Waals surface area contributed by atoms with Gasteiger partial charge >= 0.3 is 5.97 Å². The number of halogens is 2. The summed E-state index contributed by atoms with van der Waals surface area (Å²) in [5.74, 6) is 2.18. The fourth-order valence-corrected chi connectivity index (χ4v) is 8.11. The molecule has 9 nitrogen and oxygen atoms in total. The predicted molar refractivity (Wildman–Crippen MR) is 186 cm³/mol. The molecular formula is C34H30BrIN2O7S. The topological polar surface area (TPSA) is 97.6 Å². The van der Waals surface area contributed by atoms with Crippen LogP contribution >= 0.6 is 49.9 Å². The number of aromatic nitrogens is 1. The third-order valence-electron chi connectivity index (χ3n) is 7.23. The van der Waals surface area contributed by atoms with Crippen molar-refractivity contribution in [2.75, 3.05) is 13.4 Å². The highest BCUT2D eigenvalue weighted by atomic mass is 127. The molecule has 0 saturated heterocycles. The number of benzene rings is 3. The van der Waals surface area contributed by atoms with Gasteiger partial charge in [0.25, 0.3) is 5.56 Å². The van der Waals surface area contributed by atoms with Crippen LogP contribution < -0.4 is 33.8 Å². The molecule has 2 aliphatic heterocycles. The standard InChI is InChI=1S/C34H30BrIN2O7S/c1-5-41-33(40)29-19(4)37-34-38(30(29)22-8-6-7-9-25(22)45-18(2)3)32(39)28(46-34)15-21-12-23(35)31(24(36)13-21)42-16-20-10-11-26-27(14-20)44-17-43-26/h6-15,18,30H,5,16-17H2,1-4H3/b28-15+/t30-/m1/s1. The first kappa shape index (κ1) is 32.3. The van der Waals surface area contributed by atoms with Crippen LogP contribution in [0.3, 0.4) is 0 Å². The lowest BCUT2D eigenvalue weighted by Gasteiger charge is -2.26. The first-order chi connectivity index (χ1) is 22.1. The molecule has 46 heavy (non-hydrogen) atoms. The average molecular weight is 817 g/mol. The number of rotatable bonds is 9. The van der Waals surface area contributed by atoms with Gasteiger partial charge in [0, 0.05) is 5.56 Å². The average Bonchev–Trinajstić information content (AvgIpc) is 3.59. The summed E-state index contributed by atoms with van der Waals surface area (Å²) in [5, 5.41) is 0. The molecule has 3 aromatic carbocycles. The van der Waals surface area contributed by atoms with E-state index in [0.29, 0.717) is 50.0 Å². The summed E-state index contributed by atoms with van der Waals surface area (Å²) < 4.78 is 32.3. The summed E-state index contributed by atoms with van der Waals surface area (Å²) >= 11 is 7.15. The number of para-hydroxylation sites is 1. The van der Waals surface area contributed by atoms with E-state index in [9.17, 15) is 9.59 Å². The Morgan fingerprint density at radius 3 is 2.72 bits per heavy atom. The highest BCUT2D eigenvalue weighted by Gasteiger charge is 2.35. The minimum absolute atomic E-state index is 0.113. The second-order valence-electron chi connectivity index (χ2n) is 10.8. The number of ether oxygens (including phenoxy) is 5. The van der Waals surface area contributed by atoms with Crippen molar-refractivity contribution in [3.05, 3.63) is 110 Å². The summed E-state index contributed by atoms with van der Waals surface area (Å²) in [4.78, 5) is 32.7. The predicted octanol–water partition coefficient (Wildman–Crippen LogP) is 6.26. The van der Waals surface area contributed by atoms with Gasteiger partial charge in [0.2, 0.25) is 6.79 Å². The van der Waals surface area contributed by atoms with Gasteiger partial charge in [0.05, 0.1) is 36.6 Å². The quantitative estimate of drug-likeness (QED) is 0.145. The van der Waals surface area contributed by atoms with Crippen molar-refractivity contribution >= 4 is 61.9 Å². The van der Waals surface area contributed by atoms with Crippen LogP contribution in [0.25, 0.3) is 6.08 Å². The molecule has 6 rings (SSSR count). The maximum absolute atomic E-state index is 14.2. The summed E-state index contributed by atoms with van der Waals surface area (Å²) in [5.41, 5.74) is 2.97. The number of carbonyl (C=O) groups excluding carboxylic acids is 1. The second-order valence-corrected chi connectivity index (χ2v) is 13.8. The van der Waals surface area contributed by atoms with Gasteiger partial charge in [-0.3, -0.25) is 9.36 Å². The number of hydrogen-bond acceptors (Lipinski definition) is 9. The van der Waals surface area contributed by atoms with E-state index in [4.69, 9.17) is 28.7 Å². The molecule has 0 unspecified atom stereocenters. The zero-order chi connectivity index (χ0) is 32.5. The van der Waals surface area contributed by atoms with E-state index >= 15 is 0 Å². The van der Waals surface area contributed by atoms with Crippen LogP contribution in [0.4, 0.5) is 0 Å². The fourth-order valence-electron chi connectivity index (χ4n) is 5.29. The molecule has 0 saturated carbocycles. The molecule has 0 aliphatic carbocycles. The van der Waals surface area contributed by atoms with Crippen LogP contribution in [0.1, 0.15) is 50.4 Å². The molecule has 0 radical (unpaired) electrons. The van der Waals surface area contributed by atoms with Crippen molar-refractivity contribution in [1.82, 2.24) is 4.57 Å². The van der Waals surface area contributed by atoms with Gasteiger partial charge in [0.1, 0.15) is 24.1 Å². The zero-order valence-corrected chi connectivity index (χ0v) is 30.0. The number of fused-ring (bicyclic) bond motifs is 2. The Bertz CT molecular complexity index is 2030. The van der Waals surface area contributed by atoms with E-state index in [2.05, 4.69) is 38.5 Å². The second kappa shape index (κ2) is 13.6. The lowest BCUT2D eigenvalue weighted by molar-refractivity contribution is -0.139. The van der Waals surface area contributed by atoms with Gasteiger partial charge in [-0.1, -0.05) is 35.6 Å². The lowest BCUT2D eigenvalue weighted by atomic mass is 9.95. The minimum atomic E-state index is -0.772. The molecule has 0 bridgehead atoms. The number of carbonyl (C=O) groups is 1. The van der Waals surface area contributed by atoms with Crippen LogP contribution in [0.5, 0.6) is 23.0 Å². The van der Waals surface area contributed by atoms with Gasteiger partial charge in [-0.2, -0.15) is 0 Å². The first-order valence-electron chi connectivity index (χ1n) is 14.6. The van der Waals surface area contributed by atoms with Crippen LogP contribution in [0.2, 0.25) is 0 Å². The summed E-state index contributed by atoms with van der Waals surface area (Å²) in [7, 11) is 0. The molecule has 0 fully saturated rings. The third kappa shape index (κ3) is 6.47. The Morgan fingerprint density at radius 1 is 1.17 bits per heavy atom. The minimum Gasteiger partial charge on any atom is -0.491 e. The Hall–Kier alpha value is -3.62. The number of nitrogens with zero attached hydrogens (tertiary/aromatic N) is 2. The summed E-state index contributed by atoms with van der Waals surface area (Å²) in [6.45, 7) is 8.14. The van der Waals surface area contributed by atoms with Crippen LogP contribution in [0, 0.1) is 3.57 Å². The van der Waals surface area contributed by atoms with E-state index < -0.39 is 12.0 Å². The molecule has 2 aliphatic rings. The fraction of sp³-hybridized carbons (Fsp3) is 0.265. The molecule has 0 N–H and O–H groups in total. The Balaban J connectivity index is 1.38. The van der Waals surface area contributed by atoms with E-state index in [1.165, 1.54) is 11.3 Å². The molecule has 1 aromatic heterocycles.